The molecule has 0 saturated heterocycles. The van der Waals surface area contributed by atoms with E-state index in [1.807, 2.05) is 22.6 Å². The van der Waals surface area contributed by atoms with Gasteiger partial charge in [-0.25, -0.2) is 0 Å². The molecule has 0 fully saturated rings. The molecule has 0 bridgehead atoms. The smallest absolute Gasteiger partial charge is 0.319 e. The summed E-state index contributed by atoms with van der Waals surface area (Å²) in [5.41, 5.74) is 0. The first-order valence-corrected chi connectivity index (χ1v) is 13.1. The predicted molar refractivity (Wildman–Crippen MR) is 83.8 cm³/mol. The molecule has 1 radical (unpaired) electrons. The fourth-order valence-electron chi connectivity index (χ4n) is 0. The molecule has 0 aliphatic rings. The van der Waals surface area contributed by atoms with Crippen molar-refractivity contribution in [2.45, 2.75) is 22.3 Å². The molecule has 0 saturated carbocycles. The Bertz CT molecular complexity index is 127. The van der Waals surface area contributed by atoms with Gasteiger partial charge in [0.2, 0.25) is 0 Å². The van der Waals surface area contributed by atoms with E-state index in [1.54, 1.807) is 0 Å². The molecule has 0 aliphatic carbocycles. The van der Waals surface area contributed by atoms with E-state index in [4.69, 9.17) is 0 Å². The zero-order valence-corrected chi connectivity index (χ0v) is 23.7. The van der Waals surface area contributed by atoms with Crippen LogP contribution in [0, 0.1) is 4.93 Å². The number of hydrogen-bond acceptors (Lipinski definition) is 3. The average Bonchev–Trinajstić information content (AvgIpc) is 1.96. The maximum Gasteiger partial charge on any atom is 1.00 e. The molecule has 12 heteroatoms. The van der Waals surface area contributed by atoms with Gasteiger partial charge in [0, 0.05) is 32.7 Å². The van der Waals surface area contributed by atoms with Gasteiger partial charge in [0.05, 0.1) is 0 Å². The second-order valence-corrected chi connectivity index (χ2v) is 8.30. The molecule has 0 aliphatic heterocycles. The van der Waals surface area contributed by atoms with Crippen molar-refractivity contribution < 1.29 is 131 Å². The largest absolute Gasteiger partial charge is 1.00 e. The normalized spacial score (nSPS) is 2.44. The molecule has 0 nitrogen and oxygen atoms in total. The van der Waals surface area contributed by atoms with Gasteiger partial charge in [0.15, 0.2) is 0 Å². The molecule has 0 N–H and O–H groups in total. The van der Waals surface area contributed by atoms with E-state index in [-0.39, 0.29) is 106 Å². The van der Waals surface area contributed by atoms with Crippen molar-refractivity contribution in [3.05, 3.63) is 4.93 Å². The topological polar surface area (TPSA) is 0 Å². The second kappa shape index (κ2) is 99.8. The molecule has 0 unspecified atom stereocenters. The molecule has 0 amide bonds. The molecule has 0 aromatic rings. The van der Waals surface area contributed by atoms with Crippen molar-refractivity contribution >= 4 is 80.1 Å². The Hall–Kier alpha value is 6.54. The monoisotopic (exact) mass is 662 g/mol. The third kappa shape index (κ3) is 183. The van der Waals surface area contributed by atoms with Gasteiger partial charge in [0.25, 0.3) is 0 Å². The number of rotatable bonds is 0. The third-order valence-corrected chi connectivity index (χ3v) is 0. The van der Waals surface area contributed by atoms with Crippen LogP contribution in [0.25, 0.3) is 0 Å². The van der Waals surface area contributed by atoms with E-state index in [2.05, 4.69) is 85.7 Å². The quantitative estimate of drug-likeness (QED) is 0.206. The van der Waals surface area contributed by atoms with Crippen LogP contribution in [0.5, 0.6) is 0 Å². The van der Waals surface area contributed by atoms with E-state index in [0.717, 1.165) is 0 Å². The summed E-state index contributed by atoms with van der Waals surface area (Å²) >= 11 is 21.3. The van der Waals surface area contributed by atoms with E-state index in [1.165, 1.54) is 23.9 Å². The van der Waals surface area contributed by atoms with Crippen molar-refractivity contribution in [3.63, 3.8) is 0 Å². The van der Waals surface area contributed by atoms with Crippen LogP contribution in [0.15, 0.2) is 0 Å². The van der Waals surface area contributed by atoms with Crippen LogP contribution >= 0.6 is 22.6 Å². The van der Waals surface area contributed by atoms with Gasteiger partial charge in [-0.1, -0.05) is 22.3 Å². The van der Waals surface area contributed by atoms with Gasteiger partial charge in [-0.2, -0.15) is 0 Å². The zero-order valence-electron chi connectivity index (χ0n) is 6.45. The molecular formula is C4H14IKS6V3Y. The van der Waals surface area contributed by atoms with E-state index < -0.39 is 0 Å². The summed E-state index contributed by atoms with van der Waals surface area (Å²) in [5, 5.41) is 0. The average molecular weight is 662 g/mol. The van der Waals surface area contributed by atoms with Crippen LogP contribution < -0.4 is 51.4 Å². The standard InChI is InChI=1S/CH2I.3CH4.K.3S2.3V.Y/c1-2;;;;;3*1-2;;;;/h1H2;3*1H4;;;;;;;;/q-1;;;;+1;;;;;;;. The fourth-order valence-corrected chi connectivity index (χ4v) is 0. The SMILES string of the molecule is C.C.C.S=[S]=[V].S=[S]=[V].S=[S]=[V].[CH2-]I.[K+].[Y]. The molecule has 0 rings (SSSR count). The Labute approximate surface area is 232 Å². The summed E-state index contributed by atoms with van der Waals surface area (Å²) in [5.74, 6) is 0. The maximum atomic E-state index is 4.28. The first kappa shape index (κ1) is 57.0. The Morgan fingerprint density at radius 3 is 0.750 bits per heavy atom. The first-order chi connectivity index (χ1) is 5.24. The van der Waals surface area contributed by atoms with Crippen LogP contribution in [0.3, 0.4) is 0 Å². The first-order valence-electron chi connectivity index (χ1n) is 1.31. The molecule has 92 valence electrons. The Balaban J connectivity index is -0.00000000533. The number of hydrogen-bond donors (Lipinski definition) is 0. The van der Waals surface area contributed by atoms with Crippen molar-refractivity contribution in [2.24, 2.45) is 0 Å². The summed E-state index contributed by atoms with van der Waals surface area (Å²) in [6, 6.07) is 0. The zero-order chi connectivity index (χ0) is 10.1. The molecule has 16 heavy (non-hydrogen) atoms. The van der Waals surface area contributed by atoms with E-state index in [0.29, 0.717) is 0 Å². The third-order valence-electron chi connectivity index (χ3n) is 0. The Kier molecular flexibility index (Phi) is 356. The van der Waals surface area contributed by atoms with Gasteiger partial charge < -0.3 is 22.6 Å². The minimum absolute atomic E-state index is 0. The van der Waals surface area contributed by atoms with Gasteiger partial charge >= 0.3 is 156 Å². The van der Waals surface area contributed by atoms with Crippen LogP contribution in [-0.4, -0.2) is 0 Å². The van der Waals surface area contributed by atoms with Crippen molar-refractivity contribution in [1.82, 2.24) is 0 Å². The van der Waals surface area contributed by atoms with Gasteiger partial charge in [-0.15, -0.1) is 0 Å². The van der Waals surface area contributed by atoms with Crippen molar-refractivity contribution in [2.75, 3.05) is 0 Å². The van der Waals surface area contributed by atoms with Crippen molar-refractivity contribution in [3.8, 4) is 0 Å². The summed E-state index contributed by atoms with van der Waals surface area (Å²) < 4.78 is 0. The van der Waals surface area contributed by atoms with Crippen LogP contribution in [0.1, 0.15) is 22.3 Å². The summed E-state index contributed by atoms with van der Waals surface area (Å²) in [6.07, 6.45) is 0. The van der Waals surface area contributed by atoms with E-state index in [9.17, 15) is 0 Å². The molecule has 0 spiro atoms. The summed E-state index contributed by atoms with van der Waals surface area (Å²) in [7, 11) is 3.81. The molecule has 0 aromatic carbocycles. The van der Waals surface area contributed by atoms with Crippen LogP contribution in [0.4, 0.5) is 0 Å². The molecule has 0 aromatic heterocycles. The maximum absolute atomic E-state index is 4.28. The molecule has 0 atom stereocenters. The van der Waals surface area contributed by atoms with Gasteiger partial charge in [0.1, 0.15) is 0 Å². The predicted octanol–water partition coefficient (Wildman–Crippen LogP) is 0.101. The Morgan fingerprint density at radius 2 is 0.750 bits per heavy atom. The summed E-state index contributed by atoms with van der Waals surface area (Å²) in [4.78, 5) is 3.22. The Morgan fingerprint density at radius 1 is 0.750 bits per heavy atom. The van der Waals surface area contributed by atoms with Gasteiger partial charge in [-0.3, -0.25) is 4.93 Å². The van der Waals surface area contributed by atoms with Gasteiger partial charge in [-0.05, 0) is 0 Å². The molecule has 0 heterocycles. The fraction of sp³-hybridized carbons (Fsp3) is 0.750. The van der Waals surface area contributed by atoms with Crippen molar-refractivity contribution in [1.29, 1.82) is 0 Å². The summed E-state index contributed by atoms with van der Waals surface area (Å²) in [6.45, 7) is 0. The van der Waals surface area contributed by atoms with Crippen LogP contribution in [0.2, 0.25) is 0 Å². The minimum Gasteiger partial charge on any atom is -0.319 e. The van der Waals surface area contributed by atoms with Crippen LogP contribution in [-0.2, 0) is 137 Å². The number of halogens is 1. The minimum atomic E-state index is 0. The second-order valence-electron chi connectivity index (χ2n) is 0.224. The molecular weight excluding hydrogens is 648 g/mol. The van der Waals surface area contributed by atoms with E-state index >= 15 is 0 Å².